The van der Waals surface area contributed by atoms with E-state index in [1.165, 1.54) is 12.8 Å². The Hall–Kier alpha value is -1.71. The summed E-state index contributed by atoms with van der Waals surface area (Å²) in [5.41, 5.74) is 1.43. The number of benzene rings is 1. The molecule has 0 aromatic heterocycles. The topological polar surface area (TPSA) is 51.1 Å². The summed E-state index contributed by atoms with van der Waals surface area (Å²) in [5.74, 6) is 1.59. The van der Waals surface area contributed by atoms with Crippen LogP contribution in [0.3, 0.4) is 0 Å². The molecular weight excluding hydrogens is 218 g/mol. The maximum absolute atomic E-state index is 8.79. The molecule has 1 fully saturated rings. The van der Waals surface area contributed by atoms with E-state index in [1.54, 1.807) is 0 Å². The molecule has 0 spiro atoms. The van der Waals surface area contributed by atoms with Crippen molar-refractivity contribution < 1.29 is 14.7 Å². The molecule has 1 saturated carbocycles. The van der Waals surface area contributed by atoms with Gasteiger partial charge in [0.1, 0.15) is 23.8 Å². The number of oxime groups is 1. The molecule has 1 heterocycles. The Morgan fingerprint density at radius 3 is 2.88 bits per heavy atom. The van der Waals surface area contributed by atoms with Gasteiger partial charge in [-0.3, -0.25) is 0 Å². The lowest BCUT2D eigenvalue weighted by Gasteiger charge is -2.13. The molecule has 3 rings (SSSR count). The molecule has 17 heavy (non-hydrogen) atoms. The average molecular weight is 233 g/mol. The summed E-state index contributed by atoms with van der Waals surface area (Å²) in [7, 11) is 0. The zero-order chi connectivity index (χ0) is 11.7. The summed E-state index contributed by atoms with van der Waals surface area (Å²) in [5, 5.41) is 12.0. The third kappa shape index (κ3) is 1.95. The molecular formula is C13H15NO3. The van der Waals surface area contributed by atoms with Crippen LogP contribution in [0.5, 0.6) is 11.5 Å². The van der Waals surface area contributed by atoms with Crippen molar-refractivity contribution in [2.75, 3.05) is 6.61 Å². The highest BCUT2D eigenvalue weighted by Gasteiger charge is 2.22. The van der Waals surface area contributed by atoms with Gasteiger partial charge in [0.15, 0.2) is 0 Å². The fourth-order valence-electron chi connectivity index (χ4n) is 2.44. The molecule has 0 amide bonds. The van der Waals surface area contributed by atoms with Gasteiger partial charge < -0.3 is 14.7 Å². The van der Waals surface area contributed by atoms with Gasteiger partial charge in [-0.1, -0.05) is 5.16 Å². The first-order valence-electron chi connectivity index (χ1n) is 6.01. The van der Waals surface area contributed by atoms with Gasteiger partial charge in [0, 0.05) is 11.6 Å². The van der Waals surface area contributed by atoms with Crippen LogP contribution >= 0.6 is 0 Å². The molecule has 0 saturated heterocycles. The van der Waals surface area contributed by atoms with Crippen molar-refractivity contribution in [2.24, 2.45) is 5.16 Å². The summed E-state index contributed by atoms with van der Waals surface area (Å²) in [6, 6.07) is 5.69. The lowest BCUT2D eigenvalue weighted by atomic mass is 10.1. The number of nitrogens with zero attached hydrogens (tertiary/aromatic N) is 1. The van der Waals surface area contributed by atoms with Gasteiger partial charge in [-0.05, 0) is 37.8 Å². The smallest absolute Gasteiger partial charge is 0.134 e. The Balaban J connectivity index is 1.79. The molecule has 0 radical (unpaired) electrons. The zero-order valence-corrected chi connectivity index (χ0v) is 9.56. The van der Waals surface area contributed by atoms with Gasteiger partial charge in [0.2, 0.25) is 0 Å². The summed E-state index contributed by atoms with van der Waals surface area (Å²) in [6.45, 7) is 0.332. The fraction of sp³-hybridized carbons (Fsp3) is 0.462. The van der Waals surface area contributed by atoms with Gasteiger partial charge in [-0.2, -0.15) is 0 Å². The first kappa shape index (κ1) is 10.4. The second kappa shape index (κ2) is 4.28. The summed E-state index contributed by atoms with van der Waals surface area (Å²) >= 11 is 0. The van der Waals surface area contributed by atoms with Crippen molar-refractivity contribution in [3.63, 3.8) is 0 Å². The number of ether oxygens (including phenoxy) is 2. The van der Waals surface area contributed by atoms with Gasteiger partial charge in [0.05, 0.1) is 6.10 Å². The van der Waals surface area contributed by atoms with E-state index < -0.39 is 0 Å². The SMILES string of the molecule is ON=C1COc2cc(OC3CCCC3)ccc21. The Bertz CT molecular complexity index is 450. The standard InChI is InChI=1S/C13H15NO3/c15-14-12-8-16-13-7-10(5-6-11(12)13)17-9-3-1-2-4-9/h5-7,9,15H,1-4,8H2. The van der Waals surface area contributed by atoms with Gasteiger partial charge in [-0.15, -0.1) is 0 Å². The largest absolute Gasteiger partial charge is 0.490 e. The molecule has 2 aliphatic rings. The predicted octanol–water partition coefficient (Wildman–Crippen LogP) is 2.58. The predicted molar refractivity (Wildman–Crippen MR) is 63.1 cm³/mol. The molecule has 1 aromatic carbocycles. The van der Waals surface area contributed by atoms with Crippen LogP contribution in [0.25, 0.3) is 0 Å². The maximum atomic E-state index is 8.79. The van der Waals surface area contributed by atoms with E-state index in [-0.39, 0.29) is 0 Å². The molecule has 4 heteroatoms. The summed E-state index contributed by atoms with van der Waals surface area (Å²) < 4.78 is 11.3. The van der Waals surface area contributed by atoms with E-state index in [0.29, 0.717) is 18.4 Å². The summed E-state index contributed by atoms with van der Waals surface area (Å²) in [6.07, 6.45) is 5.14. The molecule has 1 N–H and O–H groups in total. The van der Waals surface area contributed by atoms with Crippen molar-refractivity contribution in [1.82, 2.24) is 0 Å². The van der Waals surface area contributed by atoms with Crippen LogP contribution in [0.15, 0.2) is 23.4 Å². The van der Waals surface area contributed by atoms with E-state index in [2.05, 4.69) is 5.16 Å². The van der Waals surface area contributed by atoms with E-state index in [1.807, 2.05) is 18.2 Å². The fourth-order valence-corrected chi connectivity index (χ4v) is 2.44. The number of hydrogen-bond acceptors (Lipinski definition) is 4. The average Bonchev–Trinajstić information content (AvgIpc) is 2.97. The highest BCUT2D eigenvalue weighted by atomic mass is 16.5. The molecule has 0 atom stereocenters. The molecule has 90 valence electrons. The molecule has 0 bridgehead atoms. The van der Waals surface area contributed by atoms with Gasteiger partial charge in [0.25, 0.3) is 0 Å². The third-order valence-electron chi connectivity index (χ3n) is 3.35. The lowest BCUT2D eigenvalue weighted by Crippen LogP contribution is -2.10. The van der Waals surface area contributed by atoms with E-state index in [0.717, 1.165) is 29.9 Å². The van der Waals surface area contributed by atoms with Crippen molar-refractivity contribution in [2.45, 2.75) is 31.8 Å². The highest BCUT2D eigenvalue weighted by molar-refractivity contribution is 6.05. The first-order valence-corrected chi connectivity index (χ1v) is 6.01. The lowest BCUT2D eigenvalue weighted by molar-refractivity contribution is 0.209. The normalized spacial score (nSPS) is 21.5. The maximum Gasteiger partial charge on any atom is 0.134 e. The Morgan fingerprint density at radius 1 is 1.29 bits per heavy atom. The third-order valence-corrected chi connectivity index (χ3v) is 3.35. The first-order chi connectivity index (χ1) is 8.36. The Labute approximate surface area is 99.8 Å². The van der Waals surface area contributed by atoms with Gasteiger partial charge in [-0.25, -0.2) is 0 Å². The van der Waals surface area contributed by atoms with Crippen LogP contribution in [-0.4, -0.2) is 23.6 Å². The monoisotopic (exact) mass is 233 g/mol. The van der Waals surface area contributed by atoms with Crippen LogP contribution in [0.2, 0.25) is 0 Å². The van der Waals surface area contributed by atoms with Crippen molar-refractivity contribution >= 4 is 5.71 Å². The van der Waals surface area contributed by atoms with Crippen molar-refractivity contribution in [1.29, 1.82) is 0 Å². The quantitative estimate of drug-likeness (QED) is 0.631. The van der Waals surface area contributed by atoms with Crippen molar-refractivity contribution in [3.8, 4) is 11.5 Å². The van der Waals surface area contributed by atoms with Gasteiger partial charge >= 0.3 is 0 Å². The van der Waals surface area contributed by atoms with Crippen LogP contribution in [-0.2, 0) is 0 Å². The molecule has 1 aliphatic heterocycles. The number of fused-ring (bicyclic) bond motifs is 1. The minimum atomic E-state index is 0.332. The molecule has 0 unspecified atom stereocenters. The van der Waals surface area contributed by atoms with Crippen LogP contribution < -0.4 is 9.47 Å². The van der Waals surface area contributed by atoms with Crippen molar-refractivity contribution in [3.05, 3.63) is 23.8 Å². The minimum absolute atomic E-state index is 0.332. The van der Waals surface area contributed by atoms with Crippen LogP contribution in [0.1, 0.15) is 31.2 Å². The highest BCUT2D eigenvalue weighted by Crippen LogP contribution is 2.32. The molecule has 4 nitrogen and oxygen atoms in total. The molecule has 1 aromatic rings. The Kier molecular flexibility index (Phi) is 2.63. The second-order valence-electron chi connectivity index (χ2n) is 4.52. The second-order valence-corrected chi connectivity index (χ2v) is 4.52. The Morgan fingerprint density at radius 2 is 2.12 bits per heavy atom. The van der Waals surface area contributed by atoms with Crippen LogP contribution in [0.4, 0.5) is 0 Å². The van der Waals surface area contributed by atoms with E-state index in [4.69, 9.17) is 14.7 Å². The minimum Gasteiger partial charge on any atom is -0.490 e. The molecule has 1 aliphatic carbocycles. The summed E-state index contributed by atoms with van der Waals surface area (Å²) in [4.78, 5) is 0. The van der Waals surface area contributed by atoms with Crippen LogP contribution in [0, 0.1) is 0 Å². The number of rotatable bonds is 2. The van der Waals surface area contributed by atoms with E-state index >= 15 is 0 Å². The number of hydrogen-bond donors (Lipinski definition) is 1. The zero-order valence-electron chi connectivity index (χ0n) is 9.56. The van der Waals surface area contributed by atoms with E-state index in [9.17, 15) is 0 Å².